The Balaban J connectivity index is 1.71. The molecule has 0 aliphatic heterocycles. The topological polar surface area (TPSA) is 72.3 Å². The highest BCUT2D eigenvalue weighted by atomic mass is 32.2. The van der Waals surface area contributed by atoms with Gasteiger partial charge in [0, 0.05) is 12.1 Å². The first-order valence-electron chi connectivity index (χ1n) is 11.5. The van der Waals surface area contributed by atoms with Crippen molar-refractivity contribution in [2.24, 2.45) is 0 Å². The summed E-state index contributed by atoms with van der Waals surface area (Å²) in [6.07, 6.45) is 2.97. The smallest absolute Gasteiger partial charge is 0.254 e. The van der Waals surface area contributed by atoms with E-state index < -0.39 is 27.4 Å². The Kier molecular flexibility index (Phi) is 7.93. The predicted molar refractivity (Wildman–Crippen MR) is 136 cm³/mol. The number of hydrogen-bond donors (Lipinski definition) is 0. The molecule has 0 fully saturated rings. The largest absolute Gasteiger partial charge is 0.329 e. The third-order valence-corrected chi connectivity index (χ3v) is 7.29. The van der Waals surface area contributed by atoms with Gasteiger partial charge in [-0.05, 0) is 41.5 Å². The second kappa shape index (κ2) is 11.3. The van der Waals surface area contributed by atoms with Crippen LogP contribution in [0.5, 0.6) is 0 Å². The first kappa shape index (κ1) is 26.0. The van der Waals surface area contributed by atoms with E-state index in [9.17, 15) is 22.0 Å². The van der Waals surface area contributed by atoms with Gasteiger partial charge in [-0.15, -0.1) is 6.58 Å². The number of rotatable bonds is 10. The van der Waals surface area contributed by atoms with Crippen molar-refractivity contribution < 1.29 is 22.0 Å². The minimum Gasteiger partial charge on any atom is -0.329 e. The van der Waals surface area contributed by atoms with Crippen LogP contribution in [-0.2, 0) is 28.7 Å². The van der Waals surface area contributed by atoms with Gasteiger partial charge >= 0.3 is 0 Å². The predicted octanol–water partition coefficient (Wildman–Crippen LogP) is 5.01. The molecule has 0 spiro atoms. The Morgan fingerprint density at radius 1 is 0.946 bits per heavy atom. The number of aromatic nitrogens is 2. The molecule has 190 valence electrons. The first-order valence-corrected chi connectivity index (χ1v) is 13.1. The normalized spacial score (nSPS) is 11.3. The second-order valence-corrected chi connectivity index (χ2v) is 10.4. The lowest BCUT2D eigenvalue weighted by Gasteiger charge is -2.22. The van der Waals surface area contributed by atoms with Crippen LogP contribution in [0, 0.1) is 11.6 Å². The average Bonchev–Trinajstić information content (AvgIpc) is 3.28. The molecule has 0 N–H and O–H groups in total. The molecule has 4 rings (SSSR count). The maximum atomic E-state index is 13.8. The average molecular weight is 522 g/mol. The van der Waals surface area contributed by atoms with Gasteiger partial charge in [0.1, 0.15) is 11.6 Å². The van der Waals surface area contributed by atoms with Gasteiger partial charge in [-0.3, -0.25) is 4.79 Å². The molecule has 0 radical (unpaired) electrons. The van der Waals surface area contributed by atoms with Gasteiger partial charge in [0.25, 0.3) is 5.91 Å². The summed E-state index contributed by atoms with van der Waals surface area (Å²) >= 11 is 0. The molecule has 0 saturated heterocycles. The van der Waals surface area contributed by atoms with Gasteiger partial charge in [-0.25, -0.2) is 22.2 Å². The summed E-state index contributed by atoms with van der Waals surface area (Å²) in [4.78, 5) is 18.8. The summed E-state index contributed by atoms with van der Waals surface area (Å²) in [5, 5.41) is -0.160. The molecule has 4 aromatic rings. The maximum absolute atomic E-state index is 13.8. The van der Waals surface area contributed by atoms with Crippen LogP contribution in [0.2, 0.25) is 0 Å². The summed E-state index contributed by atoms with van der Waals surface area (Å²) in [5.74, 6) is -1.79. The van der Waals surface area contributed by atoms with E-state index in [2.05, 4.69) is 11.6 Å². The van der Waals surface area contributed by atoms with E-state index in [-0.39, 0.29) is 36.1 Å². The molecule has 0 atom stereocenters. The number of imidazole rings is 1. The fourth-order valence-corrected chi connectivity index (χ4v) is 5.43. The standard InChI is InChI=1S/C28H25F2N3O3S/c1-2-15-32(27(34)23-9-6-10-25(30)16-23)19-26-17-31-28(33(26)18-21-7-4-3-5-8-21)37(35,36)20-22-11-13-24(29)14-12-22/h2-14,16-17H,1,15,18-20H2. The minimum atomic E-state index is -3.93. The van der Waals surface area contributed by atoms with Crippen LogP contribution in [0.1, 0.15) is 27.2 Å². The third-order valence-electron chi connectivity index (χ3n) is 5.69. The molecule has 9 heteroatoms. The summed E-state index contributed by atoms with van der Waals surface area (Å²) in [7, 11) is -3.93. The first-order chi connectivity index (χ1) is 17.8. The van der Waals surface area contributed by atoms with Gasteiger partial charge in [-0.1, -0.05) is 54.6 Å². The lowest BCUT2D eigenvalue weighted by molar-refractivity contribution is 0.0758. The fourth-order valence-electron chi connectivity index (χ4n) is 3.94. The number of carbonyl (C=O) groups excluding carboxylic acids is 1. The number of carbonyl (C=O) groups is 1. The zero-order chi connectivity index (χ0) is 26.4. The van der Waals surface area contributed by atoms with Gasteiger partial charge in [0.15, 0.2) is 0 Å². The van der Waals surface area contributed by atoms with E-state index in [4.69, 9.17) is 0 Å². The molecule has 0 bridgehead atoms. The van der Waals surface area contributed by atoms with Crippen molar-refractivity contribution in [2.45, 2.75) is 24.0 Å². The van der Waals surface area contributed by atoms with Gasteiger partial charge in [0.2, 0.25) is 15.0 Å². The molecule has 1 amide bonds. The van der Waals surface area contributed by atoms with Crippen LogP contribution >= 0.6 is 0 Å². The minimum absolute atomic E-state index is 0.0211. The zero-order valence-electron chi connectivity index (χ0n) is 19.9. The summed E-state index contributed by atoms with van der Waals surface area (Å²) in [6, 6.07) is 19.9. The Bertz CT molecular complexity index is 1500. The van der Waals surface area contributed by atoms with Crippen LogP contribution in [0.25, 0.3) is 0 Å². The van der Waals surface area contributed by atoms with Crippen molar-refractivity contribution in [1.82, 2.24) is 14.5 Å². The third kappa shape index (κ3) is 6.37. The Labute approximate surface area is 214 Å². The molecule has 3 aromatic carbocycles. The molecular weight excluding hydrogens is 496 g/mol. The van der Waals surface area contributed by atoms with Crippen molar-refractivity contribution in [3.63, 3.8) is 0 Å². The van der Waals surface area contributed by atoms with E-state index in [1.807, 2.05) is 30.3 Å². The van der Waals surface area contributed by atoms with Crippen LogP contribution in [0.4, 0.5) is 8.78 Å². The molecule has 0 aliphatic carbocycles. The Morgan fingerprint density at radius 3 is 2.35 bits per heavy atom. The highest BCUT2D eigenvalue weighted by molar-refractivity contribution is 7.90. The number of amides is 1. The molecule has 1 aromatic heterocycles. The van der Waals surface area contributed by atoms with Crippen molar-refractivity contribution in [3.05, 3.63) is 132 Å². The Hall–Kier alpha value is -4.11. The lowest BCUT2D eigenvalue weighted by atomic mass is 10.2. The molecule has 0 unspecified atom stereocenters. The summed E-state index contributed by atoms with van der Waals surface area (Å²) in [6.45, 7) is 4.09. The molecular formula is C28H25F2N3O3S. The van der Waals surface area contributed by atoms with E-state index in [1.165, 1.54) is 53.6 Å². The van der Waals surface area contributed by atoms with Crippen molar-refractivity contribution in [1.29, 1.82) is 0 Å². The van der Waals surface area contributed by atoms with Crippen LogP contribution in [-0.4, -0.2) is 35.3 Å². The van der Waals surface area contributed by atoms with Gasteiger partial charge in [-0.2, -0.15) is 0 Å². The van der Waals surface area contributed by atoms with Crippen LogP contribution in [0.3, 0.4) is 0 Å². The van der Waals surface area contributed by atoms with Crippen molar-refractivity contribution >= 4 is 15.7 Å². The molecule has 0 aliphatic rings. The molecule has 37 heavy (non-hydrogen) atoms. The van der Waals surface area contributed by atoms with E-state index in [0.717, 1.165) is 11.6 Å². The monoisotopic (exact) mass is 521 g/mol. The van der Waals surface area contributed by atoms with E-state index in [1.54, 1.807) is 10.6 Å². The quantitative estimate of drug-likeness (QED) is 0.275. The summed E-state index contributed by atoms with van der Waals surface area (Å²) < 4.78 is 55.4. The number of benzene rings is 3. The second-order valence-electron chi connectivity index (χ2n) is 8.47. The fraction of sp³-hybridized carbons (Fsp3) is 0.143. The highest BCUT2D eigenvalue weighted by Crippen LogP contribution is 2.21. The maximum Gasteiger partial charge on any atom is 0.254 e. The number of nitrogens with zero attached hydrogens (tertiary/aromatic N) is 3. The van der Waals surface area contributed by atoms with E-state index in [0.29, 0.717) is 11.3 Å². The molecule has 1 heterocycles. The molecule has 6 nitrogen and oxygen atoms in total. The van der Waals surface area contributed by atoms with Crippen molar-refractivity contribution in [2.75, 3.05) is 6.54 Å². The van der Waals surface area contributed by atoms with E-state index >= 15 is 0 Å². The number of halogens is 2. The summed E-state index contributed by atoms with van der Waals surface area (Å²) in [5.41, 5.74) is 1.91. The molecule has 0 saturated carbocycles. The van der Waals surface area contributed by atoms with Gasteiger partial charge < -0.3 is 9.47 Å². The number of sulfone groups is 1. The van der Waals surface area contributed by atoms with Crippen LogP contribution < -0.4 is 0 Å². The van der Waals surface area contributed by atoms with Crippen LogP contribution in [0.15, 0.2) is 103 Å². The zero-order valence-corrected chi connectivity index (χ0v) is 20.7. The van der Waals surface area contributed by atoms with Crippen molar-refractivity contribution in [3.8, 4) is 0 Å². The number of hydrogen-bond acceptors (Lipinski definition) is 4. The van der Waals surface area contributed by atoms with Gasteiger partial charge in [0.05, 0.1) is 30.7 Å². The highest BCUT2D eigenvalue weighted by Gasteiger charge is 2.26. The SMILES string of the molecule is C=CCN(Cc1cnc(S(=O)(=O)Cc2ccc(F)cc2)n1Cc1ccccc1)C(=O)c1cccc(F)c1. The Morgan fingerprint density at radius 2 is 1.68 bits per heavy atom. The lowest BCUT2D eigenvalue weighted by Crippen LogP contribution is -2.32.